The summed E-state index contributed by atoms with van der Waals surface area (Å²) in [5.74, 6) is 0.833. The molecule has 23 heavy (non-hydrogen) atoms. The molecule has 0 spiro atoms. The molecule has 4 nitrogen and oxygen atoms in total. The van der Waals surface area contributed by atoms with E-state index in [9.17, 15) is 9.18 Å². The fourth-order valence-corrected chi connectivity index (χ4v) is 2.03. The Kier molecular flexibility index (Phi) is 4.38. The van der Waals surface area contributed by atoms with Crippen molar-refractivity contribution in [2.45, 2.75) is 6.54 Å². The van der Waals surface area contributed by atoms with Crippen molar-refractivity contribution in [2.75, 3.05) is 0 Å². The van der Waals surface area contributed by atoms with E-state index in [1.165, 1.54) is 18.4 Å². The number of halogens is 1. The van der Waals surface area contributed by atoms with E-state index >= 15 is 0 Å². The number of carbonyl (C=O) groups excluding carboxylic acids is 1. The lowest BCUT2D eigenvalue weighted by molar-refractivity contribution is 0.0923. The first kappa shape index (κ1) is 14.8. The second-order valence-corrected chi connectivity index (χ2v) is 4.86. The van der Waals surface area contributed by atoms with Gasteiger partial charge in [-0.3, -0.25) is 4.79 Å². The number of hydrogen-bond acceptors (Lipinski definition) is 3. The second kappa shape index (κ2) is 6.79. The molecule has 0 unspecified atom stereocenters. The maximum Gasteiger partial charge on any atom is 0.287 e. The molecular weight excluding hydrogens is 297 g/mol. The van der Waals surface area contributed by atoms with Gasteiger partial charge < -0.3 is 14.5 Å². The zero-order valence-electron chi connectivity index (χ0n) is 12.2. The van der Waals surface area contributed by atoms with Crippen LogP contribution >= 0.6 is 0 Å². The molecule has 1 amide bonds. The van der Waals surface area contributed by atoms with Gasteiger partial charge in [0.25, 0.3) is 5.91 Å². The zero-order valence-corrected chi connectivity index (χ0v) is 12.2. The maximum atomic E-state index is 12.9. The molecule has 0 saturated heterocycles. The van der Waals surface area contributed by atoms with Gasteiger partial charge in [0.1, 0.15) is 17.3 Å². The van der Waals surface area contributed by atoms with Crippen molar-refractivity contribution in [2.24, 2.45) is 0 Å². The zero-order chi connectivity index (χ0) is 16.1. The maximum absolute atomic E-state index is 12.9. The summed E-state index contributed by atoms with van der Waals surface area (Å²) >= 11 is 0. The highest BCUT2D eigenvalue weighted by molar-refractivity contribution is 5.91. The van der Waals surface area contributed by atoms with Crippen molar-refractivity contribution in [1.82, 2.24) is 5.32 Å². The van der Waals surface area contributed by atoms with E-state index in [0.29, 0.717) is 18.0 Å². The molecule has 0 saturated carbocycles. The second-order valence-electron chi connectivity index (χ2n) is 4.86. The van der Waals surface area contributed by atoms with E-state index in [2.05, 4.69) is 5.32 Å². The summed E-state index contributed by atoms with van der Waals surface area (Å²) in [4.78, 5) is 11.8. The lowest BCUT2D eigenvalue weighted by Crippen LogP contribution is -2.22. The van der Waals surface area contributed by atoms with Gasteiger partial charge in [0.15, 0.2) is 5.76 Å². The number of ether oxygens (including phenoxy) is 1. The summed E-state index contributed by atoms with van der Waals surface area (Å²) in [6.07, 6.45) is 1.45. The van der Waals surface area contributed by atoms with Gasteiger partial charge in [-0.15, -0.1) is 0 Å². The molecule has 0 radical (unpaired) electrons. The van der Waals surface area contributed by atoms with Crippen LogP contribution in [0.15, 0.2) is 71.3 Å². The Balaban J connectivity index is 1.63. The molecule has 1 heterocycles. The van der Waals surface area contributed by atoms with E-state index in [1.807, 2.05) is 18.2 Å². The fourth-order valence-electron chi connectivity index (χ4n) is 2.03. The van der Waals surface area contributed by atoms with Crippen molar-refractivity contribution < 1.29 is 18.3 Å². The first-order valence-corrected chi connectivity index (χ1v) is 7.05. The molecule has 0 aliphatic heterocycles. The van der Waals surface area contributed by atoms with Crippen LogP contribution < -0.4 is 10.1 Å². The standard InChI is InChI=1S/C18H14FNO3/c19-14-6-8-15(9-7-14)23-16-4-1-3-13(11-16)12-20-18(21)17-5-2-10-22-17/h1-11H,12H2,(H,20,21). The van der Waals surface area contributed by atoms with Gasteiger partial charge >= 0.3 is 0 Å². The van der Waals surface area contributed by atoms with Crippen LogP contribution in [-0.4, -0.2) is 5.91 Å². The van der Waals surface area contributed by atoms with Crippen LogP contribution in [0.3, 0.4) is 0 Å². The average Bonchev–Trinajstić information content (AvgIpc) is 3.10. The predicted octanol–water partition coefficient (Wildman–Crippen LogP) is 4.14. The molecule has 3 rings (SSSR count). The predicted molar refractivity (Wildman–Crippen MR) is 82.8 cm³/mol. The molecule has 2 aromatic carbocycles. The Morgan fingerprint density at radius 1 is 1.04 bits per heavy atom. The molecule has 1 aromatic heterocycles. The molecule has 116 valence electrons. The van der Waals surface area contributed by atoms with Crippen LogP contribution in [0.2, 0.25) is 0 Å². The van der Waals surface area contributed by atoms with Gasteiger partial charge in [-0.2, -0.15) is 0 Å². The highest BCUT2D eigenvalue weighted by Crippen LogP contribution is 2.22. The van der Waals surface area contributed by atoms with Gasteiger partial charge in [0.05, 0.1) is 6.26 Å². The molecule has 1 N–H and O–H groups in total. The molecule has 0 aliphatic rings. The van der Waals surface area contributed by atoms with E-state index in [-0.39, 0.29) is 17.5 Å². The first-order chi connectivity index (χ1) is 11.2. The number of benzene rings is 2. The molecule has 3 aromatic rings. The SMILES string of the molecule is O=C(NCc1cccc(Oc2ccc(F)cc2)c1)c1ccco1. The van der Waals surface area contributed by atoms with Crippen molar-refractivity contribution in [3.05, 3.63) is 84.1 Å². The number of furan rings is 1. The summed E-state index contributed by atoms with van der Waals surface area (Å²) in [7, 11) is 0. The molecule has 0 atom stereocenters. The number of amides is 1. The summed E-state index contributed by atoms with van der Waals surface area (Å²) < 4.78 is 23.6. The van der Waals surface area contributed by atoms with Crippen molar-refractivity contribution in [3.8, 4) is 11.5 Å². The summed E-state index contributed by atoms with van der Waals surface area (Å²) in [5.41, 5.74) is 0.879. The van der Waals surface area contributed by atoms with Crippen molar-refractivity contribution in [3.63, 3.8) is 0 Å². The third kappa shape index (κ3) is 3.97. The molecular formula is C18H14FNO3. The van der Waals surface area contributed by atoms with E-state index in [4.69, 9.17) is 9.15 Å². The lowest BCUT2D eigenvalue weighted by atomic mass is 10.2. The fraction of sp³-hybridized carbons (Fsp3) is 0.0556. The van der Waals surface area contributed by atoms with Gasteiger partial charge in [-0.25, -0.2) is 4.39 Å². The van der Waals surface area contributed by atoms with Gasteiger partial charge in [-0.1, -0.05) is 12.1 Å². The van der Waals surface area contributed by atoms with E-state index in [1.54, 1.807) is 30.3 Å². The van der Waals surface area contributed by atoms with Crippen LogP contribution in [0.1, 0.15) is 16.1 Å². The summed E-state index contributed by atoms with van der Waals surface area (Å²) in [6, 6.07) is 16.3. The molecule has 5 heteroatoms. The summed E-state index contributed by atoms with van der Waals surface area (Å²) in [5, 5.41) is 2.76. The number of rotatable bonds is 5. The van der Waals surface area contributed by atoms with E-state index < -0.39 is 0 Å². The minimum atomic E-state index is -0.313. The van der Waals surface area contributed by atoms with Crippen LogP contribution in [0.4, 0.5) is 4.39 Å². The van der Waals surface area contributed by atoms with Gasteiger partial charge in [0, 0.05) is 6.54 Å². The highest BCUT2D eigenvalue weighted by atomic mass is 19.1. The van der Waals surface area contributed by atoms with E-state index in [0.717, 1.165) is 5.56 Å². The first-order valence-electron chi connectivity index (χ1n) is 7.05. The third-order valence-corrected chi connectivity index (χ3v) is 3.15. The quantitative estimate of drug-likeness (QED) is 0.770. The number of hydrogen-bond donors (Lipinski definition) is 1. The Labute approximate surface area is 132 Å². The van der Waals surface area contributed by atoms with Crippen LogP contribution in [-0.2, 0) is 6.54 Å². The van der Waals surface area contributed by atoms with Gasteiger partial charge in [0.2, 0.25) is 0 Å². The topological polar surface area (TPSA) is 51.5 Å². The third-order valence-electron chi connectivity index (χ3n) is 3.15. The normalized spacial score (nSPS) is 10.3. The van der Waals surface area contributed by atoms with Gasteiger partial charge in [-0.05, 0) is 54.1 Å². The Hall–Kier alpha value is -3.08. The Bertz CT molecular complexity index is 782. The van der Waals surface area contributed by atoms with Crippen LogP contribution in [0, 0.1) is 5.82 Å². The molecule has 0 bridgehead atoms. The molecule has 0 aliphatic carbocycles. The Morgan fingerprint density at radius 2 is 1.87 bits per heavy atom. The van der Waals surface area contributed by atoms with Crippen molar-refractivity contribution in [1.29, 1.82) is 0 Å². The summed E-state index contributed by atoms with van der Waals surface area (Å²) in [6.45, 7) is 0.347. The van der Waals surface area contributed by atoms with Crippen molar-refractivity contribution >= 4 is 5.91 Å². The smallest absolute Gasteiger partial charge is 0.287 e. The molecule has 0 fully saturated rings. The highest BCUT2D eigenvalue weighted by Gasteiger charge is 2.08. The Morgan fingerprint density at radius 3 is 2.61 bits per heavy atom. The van der Waals surface area contributed by atoms with Crippen LogP contribution in [0.5, 0.6) is 11.5 Å². The largest absolute Gasteiger partial charge is 0.459 e. The minimum absolute atomic E-state index is 0.267. The number of carbonyl (C=O) groups is 1. The van der Waals surface area contributed by atoms with Crippen LogP contribution in [0.25, 0.3) is 0 Å². The lowest BCUT2D eigenvalue weighted by Gasteiger charge is -2.08. The number of nitrogens with one attached hydrogen (secondary N) is 1. The minimum Gasteiger partial charge on any atom is -0.459 e. The average molecular weight is 311 g/mol. The monoisotopic (exact) mass is 311 g/mol.